The van der Waals surface area contributed by atoms with Gasteiger partial charge in [0, 0.05) is 0 Å². The van der Waals surface area contributed by atoms with Crippen LogP contribution in [0, 0.1) is 0 Å². The fraction of sp³-hybridized carbons (Fsp3) is 0.429. The third-order valence-corrected chi connectivity index (χ3v) is 5.89. The average molecular weight is 307 g/mol. The molecule has 3 rings (SSSR count). The number of fused-ring (bicyclic) bond motifs is 1. The maximum absolute atomic E-state index is 6.07. The second-order valence-corrected chi connectivity index (χ2v) is 7.79. The van der Waals surface area contributed by atoms with Gasteiger partial charge in [-0.1, -0.05) is 0 Å². The zero-order valence-electron chi connectivity index (χ0n) is 11.2. The average Bonchev–Trinajstić information content (AvgIpc) is 2.80. The third-order valence-electron chi connectivity index (χ3n) is 4.00. The Morgan fingerprint density at radius 2 is 1.67 bits per heavy atom. The van der Waals surface area contributed by atoms with Gasteiger partial charge in [-0.2, -0.15) is 0 Å². The van der Waals surface area contributed by atoms with Crippen LogP contribution in [0.3, 0.4) is 0 Å². The first-order valence-electron chi connectivity index (χ1n) is 6.22. The summed E-state index contributed by atoms with van der Waals surface area (Å²) in [5.74, 6) is 0. The fourth-order valence-electron chi connectivity index (χ4n) is 2.11. The van der Waals surface area contributed by atoms with Crippen LogP contribution in [0.4, 0.5) is 0 Å². The SMILES string of the molecule is CC1(C)OB(c2ccc3[se]ccc3c2)OC1(C)C. The minimum atomic E-state index is -0.267. The topological polar surface area (TPSA) is 18.5 Å². The van der Waals surface area contributed by atoms with E-state index in [0.29, 0.717) is 14.5 Å². The van der Waals surface area contributed by atoms with Crippen LogP contribution in [-0.4, -0.2) is 32.8 Å². The van der Waals surface area contributed by atoms with Gasteiger partial charge in [0.2, 0.25) is 0 Å². The summed E-state index contributed by atoms with van der Waals surface area (Å²) < 4.78 is 13.6. The normalized spacial score (nSPS) is 21.7. The zero-order chi connectivity index (χ0) is 13.0. The molecule has 2 aromatic rings. The van der Waals surface area contributed by atoms with Crippen LogP contribution >= 0.6 is 0 Å². The van der Waals surface area contributed by atoms with E-state index in [9.17, 15) is 0 Å². The Balaban J connectivity index is 1.96. The van der Waals surface area contributed by atoms with Gasteiger partial charge >= 0.3 is 114 Å². The standard InChI is InChI=1S/C14H17BO2Se/c1-13(2)14(3,4)17-15(16-13)11-5-6-12-10(9-11)7-8-18-12/h5-9H,1-4H3. The Bertz CT molecular complexity index is 572. The van der Waals surface area contributed by atoms with Crippen molar-refractivity contribution in [1.29, 1.82) is 0 Å². The van der Waals surface area contributed by atoms with Crippen LogP contribution in [0.1, 0.15) is 27.7 Å². The monoisotopic (exact) mass is 308 g/mol. The predicted molar refractivity (Wildman–Crippen MR) is 76.6 cm³/mol. The van der Waals surface area contributed by atoms with Gasteiger partial charge in [0.25, 0.3) is 0 Å². The molecule has 1 saturated heterocycles. The molecule has 0 unspecified atom stereocenters. The van der Waals surface area contributed by atoms with E-state index in [4.69, 9.17) is 9.31 Å². The summed E-state index contributed by atoms with van der Waals surface area (Å²) in [7, 11) is -0.248. The summed E-state index contributed by atoms with van der Waals surface area (Å²) in [4.78, 5) is 2.26. The molecule has 0 N–H and O–H groups in total. The first kappa shape index (κ1) is 12.5. The fourth-order valence-corrected chi connectivity index (χ4v) is 3.73. The van der Waals surface area contributed by atoms with E-state index in [2.05, 4.69) is 56.9 Å². The van der Waals surface area contributed by atoms with Gasteiger partial charge in [0.1, 0.15) is 0 Å². The molecule has 1 aliphatic rings. The summed E-state index contributed by atoms with van der Waals surface area (Å²) in [5.41, 5.74) is 0.585. The molecule has 0 aliphatic carbocycles. The molecule has 0 spiro atoms. The van der Waals surface area contributed by atoms with Gasteiger partial charge in [-0.05, 0) is 0 Å². The molecule has 1 aromatic heterocycles. The van der Waals surface area contributed by atoms with Crippen LogP contribution in [0.15, 0.2) is 29.2 Å². The number of rotatable bonds is 1. The molecule has 0 bridgehead atoms. The van der Waals surface area contributed by atoms with E-state index in [-0.39, 0.29) is 18.3 Å². The zero-order valence-corrected chi connectivity index (χ0v) is 12.9. The third kappa shape index (κ3) is 1.88. The molecule has 0 saturated carbocycles. The maximum atomic E-state index is 6.07. The summed E-state index contributed by atoms with van der Waals surface area (Å²) >= 11 is 0.504. The number of hydrogen-bond acceptors (Lipinski definition) is 2. The molecular weight excluding hydrogens is 290 g/mol. The van der Waals surface area contributed by atoms with Gasteiger partial charge in [-0.3, -0.25) is 0 Å². The molecule has 4 heteroatoms. The van der Waals surface area contributed by atoms with Crippen molar-refractivity contribution in [2.75, 3.05) is 0 Å². The molecule has 18 heavy (non-hydrogen) atoms. The van der Waals surface area contributed by atoms with Crippen molar-refractivity contribution >= 4 is 36.7 Å². The quantitative estimate of drug-likeness (QED) is 0.752. The van der Waals surface area contributed by atoms with Crippen LogP contribution in [0.2, 0.25) is 0 Å². The molecule has 2 nitrogen and oxygen atoms in total. The van der Waals surface area contributed by atoms with Gasteiger partial charge < -0.3 is 0 Å². The second kappa shape index (κ2) is 3.98. The van der Waals surface area contributed by atoms with E-state index >= 15 is 0 Å². The summed E-state index contributed by atoms with van der Waals surface area (Å²) in [6.45, 7) is 8.35. The van der Waals surface area contributed by atoms with Crippen molar-refractivity contribution in [2.24, 2.45) is 0 Å². The van der Waals surface area contributed by atoms with E-state index in [1.54, 1.807) is 0 Å². The van der Waals surface area contributed by atoms with Gasteiger partial charge in [0.15, 0.2) is 0 Å². The van der Waals surface area contributed by atoms with Crippen molar-refractivity contribution in [3.05, 3.63) is 29.2 Å². The van der Waals surface area contributed by atoms with Gasteiger partial charge in [-0.15, -0.1) is 0 Å². The first-order valence-corrected chi connectivity index (χ1v) is 8.06. The van der Waals surface area contributed by atoms with Gasteiger partial charge in [0.05, 0.1) is 0 Å². The Kier molecular flexibility index (Phi) is 2.76. The number of benzene rings is 1. The summed E-state index contributed by atoms with van der Waals surface area (Å²) in [6.07, 6.45) is 0. The van der Waals surface area contributed by atoms with Crippen LogP contribution in [0.5, 0.6) is 0 Å². The van der Waals surface area contributed by atoms with Crippen molar-refractivity contribution in [3.8, 4) is 0 Å². The van der Waals surface area contributed by atoms with Crippen molar-refractivity contribution in [3.63, 3.8) is 0 Å². The van der Waals surface area contributed by atoms with Crippen molar-refractivity contribution in [2.45, 2.75) is 38.9 Å². The Morgan fingerprint density at radius 1 is 1.00 bits per heavy atom. The Morgan fingerprint density at radius 3 is 2.33 bits per heavy atom. The molecule has 0 radical (unpaired) electrons. The van der Waals surface area contributed by atoms with Gasteiger partial charge in [-0.25, -0.2) is 0 Å². The van der Waals surface area contributed by atoms with Crippen molar-refractivity contribution in [1.82, 2.24) is 0 Å². The van der Waals surface area contributed by atoms with Crippen LogP contribution in [-0.2, 0) is 9.31 Å². The van der Waals surface area contributed by atoms with E-state index < -0.39 is 0 Å². The minimum absolute atomic E-state index is 0.248. The molecule has 2 heterocycles. The van der Waals surface area contributed by atoms with Crippen LogP contribution < -0.4 is 5.46 Å². The molecule has 1 aromatic carbocycles. The molecule has 0 atom stereocenters. The predicted octanol–water partition coefficient (Wildman–Crippen LogP) is 2.20. The van der Waals surface area contributed by atoms with Crippen LogP contribution in [0.25, 0.3) is 9.65 Å². The van der Waals surface area contributed by atoms with Crippen molar-refractivity contribution < 1.29 is 9.31 Å². The first-order chi connectivity index (χ1) is 8.39. The molecule has 0 amide bonds. The molecule has 94 valence electrons. The molecule has 1 fully saturated rings. The molecule has 1 aliphatic heterocycles. The number of hydrogen-bond donors (Lipinski definition) is 0. The Labute approximate surface area is 114 Å². The molecular formula is C14H17BO2Se. The van der Waals surface area contributed by atoms with E-state index in [1.807, 2.05) is 0 Å². The second-order valence-electron chi connectivity index (χ2n) is 5.81. The van der Waals surface area contributed by atoms with E-state index in [0.717, 1.165) is 5.46 Å². The summed E-state index contributed by atoms with van der Waals surface area (Å²) in [5, 5.41) is 1.32. The van der Waals surface area contributed by atoms with E-state index in [1.165, 1.54) is 9.65 Å². The summed E-state index contributed by atoms with van der Waals surface area (Å²) in [6, 6.07) is 8.73. The Hall–Kier alpha value is -0.536.